The van der Waals surface area contributed by atoms with Gasteiger partial charge in [0.1, 0.15) is 5.82 Å². The van der Waals surface area contributed by atoms with Gasteiger partial charge in [-0.2, -0.15) is 5.10 Å². The number of rotatable bonds is 4. The molecule has 0 aromatic carbocycles. The molecule has 138 valence electrons. The lowest BCUT2D eigenvalue weighted by Gasteiger charge is -2.30. The summed E-state index contributed by atoms with van der Waals surface area (Å²) in [7, 11) is 0. The number of hydrogen-bond donors (Lipinski definition) is 1. The monoisotopic (exact) mass is 354 g/mol. The Morgan fingerprint density at radius 1 is 1.46 bits per heavy atom. The molecular weight excluding hydrogens is 328 g/mol. The quantitative estimate of drug-likeness (QED) is 0.895. The summed E-state index contributed by atoms with van der Waals surface area (Å²) in [4.78, 5) is 24.1. The lowest BCUT2D eigenvalue weighted by Crippen LogP contribution is -2.40. The minimum atomic E-state index is -0.0967. The number of nitrogens with one attached hydrogen (secondary N) is 1. The summed E-state index contributed by atoms with van der Waals surface area (Å²) in [6, 6.07) is 1.96. The predicted molar refractivity (Wildman–Crippen MR) is 97.5 cm³/mol. The molecule has 7 heteroatoms. The normalized spacial score (nSPS) is 20.8. The standard InChI is InChI=1S/C19H26N6O/c1-13(11-25-8-4-14(2)23-25)19(26)24-7-5-17-16(12-24)10-21-18(22-17)15-3-6-20-9-15/h4,8,10,13,15,20H,3,5-7,9,11-12H2,1-2H3/t13-,15-/m1/s1. The number of amides is 1. The van der Waals surface area contributed by atoms with E-state index >= 15 is 0 Å². The van der Waals surface area contributed by atoms with Crippen molar-refractivity contribution < 1.29 is 4.79 Å². The highest BCUT2D eigenvalue weighted by atomic mass is 16.2. The van der Waals surface area contributed by atoms with Gasteiger partial charge in [-0.15, -0.1) is 0 Å². The second-order valence-electron chi connectivity index (χ2n) is 7.48. The smallest absolute Gasteiger partial charge is 0.227 e. The first kappa shape index (κ1) is 17.1. The Morgan fingerprint density at radius 3 is 3.08 bits per heavy atom. The minimum absolute atomic E-state index is 0.0967. The van der Waals surface area contributed by atoms with Gasteiger partial charge in [0.05, 0.1) is 23.9 Å². The van der Waals surface area contributed by atoms with Crippen molar-refractivity contribution in [2.75, 3.05) is 19.6 Å². The molecule has 7 nitrogen and oxygen atoms in total. The maximum atomic E-state index is 12.8. The summed E-state index contributed by atoms with van der Waals surface area (Å²) in [6.45, 7) is 7.89. The number of nitrogens with zero attached hydrogens (tertiary/aromatic N) is 5. The van der Waals surface area contributed by atoms with Crippen LogP contribution in [0.15, 0.2) is 18.5 Å². The molecule has 2 aliphatic heterocycles. The van der Waals surface area contributed by atoms with Crippen LogP contribution in [0.3, 0.4) is 0 Å². The third kappa shape index (κ3) is 3.49. The van der Waals surface area contributed by atoms with E-state index in [4.69, 9.17) is 4.98 Å². The van der Waals surface area contributed by atoms with Crippen molar-refractivity contribution in [1.29, 1.82) is 0 Å². The van der Waals surface area contributed by atoms with Crippen molar-refractivity contribution in [2.45, 2.75) is 45.7 Å². The third-order valence-corrected chi connectivity index (χ3v) is 5.35. The molecule has 1 N–H and O–H groups in total. The van der Waals surface area contributed by atoms with E-state index in [0.29, 0.717) is 19.0 Å². The van der Waals surface area contributed by atoms with Gasteiger partial charge in [0.2, 0.25) is 5.91 Å². The predicted octanol–water partition coefficient (Wildman–Crippen LogP) is 1.28. The number of aryl methyl sites for hydroxylation is 1. The van der Waals surface area contributed by atoms with E-state index in [1.165, 1.54) is 0 Å². The largest absolute Gasteiger partial charge is 0.338 e. The van der Waals surface area contributed by atoms with Crippen molar-refractivity contribution in [3.05, 3.63) is 41.2 Å². The molecule has 0 aliphatic carbocycles. The number of fused-ring (bicyclic) bond motifs is 1. The summed E-state index contributed by atoms with van der Waals surface area (Å²) in [6.07, 6.45) is 5.77. The van der Waals surface area contributed by atoms with E-state index in [0.717, 1.165) is 55.3 Å². The molecule has 1 fully saturated rings. The molecule has 0 bridgehead atoms. The molecule has 2 aromatic rings. The van der Waals surface area contributed by atoms with Crippen LogP contribution in [0.2, 0.25) is 0 Å². The molecule has 0 unspecified atom stereocenters. The molecule has 0 saturated carbocycles. The van der Waals surface area contributed by atoms with E-state index in [-0.39, 0.29) is 11.8 Å². The van der Waals surface area contributed by atoms with Crippen LogP contribution in [-0.4, -0.2) is 50.2 Å². The van der Waals surface area contributed by atoms with Gasteiger partial charge >= 0.3 is 0 Å². The van der Waals surface area contributed by atoms with Crippen LogP contribution in [-0.2, 0) is 24.3 Å². The molecule has 26 heavy (non-hydrogen) atoms. The molecule has 4 heterocycles. The van der Waals surface area contributed by atoms with Crippen LogP contribution in [0.4, 0.5) is 0 Å². The van der Waals surface area contributed by atoms with Crippen molar-refractivity contribution in [3.63, 3.8) is 0 Å². The SMILES string of the molecule is Cc1ccn(C[C@@H](C)C(=O)N2CCc3nc([C@@H]4CCNC4)ncc3C2)n1. The Balaban J connectivity index is 1.41. The average molecular weight is 354 g/mol. The van der Waals surface area contributed by atoms with Gasteiger partial charge in [0, 0.05) is 49.9 Å². The first-order chi connectivity index (χ1) is 12.6. The van der Waals surface area contributed by atoms with Gasteiger partial charge in [-0.3, -0.25) is 9.48 Å². The Bertz CT molecular complexity index is 795. The zero-order valence-electron chi connectivity index (χ0n) is 15.5. The van der Waals surface area contributed by atoms with Gasteiger partial charge in [0.25, 0.3) is 0 Å². The Labute approximate surface area is 153 Å². The molecule has 0 spiro atoms. The highest BCUT2D eigenvalue weighted by molar-refractivity contribution is 5.78. The molecule has 2 atom stereocenters. The van der Waals surface area contributed by atoms with E-state index in [9.17, 15) is 4.79 Å². The van der Waals surface area contributed by atoms with Crippen LogP contribution in [0.25, 0.3) is 0 Å². The topological polar surface area (TPSA) is 75.9 Å². The lowest BCUT2D eigenvalue weighted by molar-refractivity contribution is -0.136. The van der Waals surface area contributed by atoms with E-state index in [1.54, 1.807) is 0 Å². The Morgan fingerprint density at radius 2 is 2.35 bits per heavy atom. The summed E-state index contributed by atoms with van der Waals surface area (Å²) >= 11 is 0. The van der Waals surface area contributed by atoms with Crippen molar-refractivity contribution in [1.82, 2.24) is 30.0 Å². The minimum Gasteiger partial charge on any atom is -0.338 e. The van der Waals surface area contributed by atoms with Gasteiger partial charge in [-0.25, -0.2) is 9.97 Å². The lowest BCUT2D eigenvalue weighted by atomic mass is 10.0. The van der Waals surface area contributed by atoms with Crippen LogP contribution < -0.4 is 5.32 Å². The Kier molecular flexibility index (Phi) is 4.72. The fourth-order valence-electron chi connectivity index (χ4n) is 3.83. The van der Waals surface area contributed by atoms with E-state index in [2.05, 4.69) is 15.4 Å². The van der Waals surface area contributed by atoms with Crippen LogP contribution >= 0.6 is 0 Å². The number of carbonyl (C=O) groups is 1. The first-order valence-electron chi connectivity index (χ1n) is 9.44. The molecular formula is C19H26N6O. The second kappa shape index (κ2) is 7.15. The Hall–Kier alpha value is -2.28. The van der Waals surface area contributed by atoms with E-state index < -0.39 is 0 Å². The summed E-state index contributed by atoms with van der Waals surface area (Å²) in [5.41, 5.74) is 3.17. The molecule has 2 aromatic heterocycles. The molecule has 1 saturated heterocycles. The van der Waals surface area contributed by atoms with Crippen molar-refractivity contribution >= 4 is 5.91 Å². The highest BCUT2D eigenvalue weighted by Crippen LogP contribution is 2.23. The number of carbonyl (C=O) groups excluding carboxylic acids is 1. The first-order valence-corrected chi connectivity index (χ1v) is 9.44. The fourth-order valence-corrected chi connectivity index (χ4v) is 3.83. The molecule has 2 aliphatic rings. The zero-order valence-corrected chi connectivity index (χ0v) is 15.5. The van der Waals surface area contributed by atoms with Crippen molar-refractivity contribution in [3.8, 4) is 0 Å². The summed E-state index contributed by atoms with van der Waals surface area (Å²) < 4.78 is 1.85. The van der Waals surface area contributed by atoms with E-state index in [1.807, 2.05) is 41.9 Å². The van der Waals surface area contributed by atoms with Gasteiger partial charge in [-0.1, -0.05) is 6.92 Å². The number of aromatic nitrogens is 4. The highest BCUT2D eigenvalue weighted by Gasteiger charge is 2.27. The van der Waals surface area contributed by atoms with Crippen LogP contribution in [0, 0.1) is 12.8 Å². The van der Waals surface area contributed by atoms with Gasteiger partial charge in [0.15, 0.2) is 0 Å². The molecule has 4 rings (SSSR count). The fraction of sp³-hybridized carbons (Fsp3) is 0.579. The maximum absolute atomic E-state index is 12.8. The van der Waals surface area contributed by atoms with Crippen molar-refractivity contribution in [2.24, 2.45) is 5.92 Å². The molecule has 1 amide bonds. The van der Waals surface area contributed by atoms with Crippen LogP contribution in [0.5, 0.6) is 0 Å². The third-order valence-electron chi connectivity index (χ3n) is 5.35. The summed E-state index contributed by atoms with van der Waals surface area (Å²) in [5, 5.41) is 7.75. The molecule has 0 radical (unpaired) electrons. The van der Waals surface area contributed by atoms with Gasteiger partial charge < -0.3 is 10.2 Å². The zero-order chi connectivity index (χ0) is 18.1. The second-order valence-corrected chi connectivity index (χ2v) is 7.48. The summed E-state index contributed by atoms with van der Waals surface area (Å²) in [5.74, 6) is 1.46. The van der Waals surface area contributed by atoms with Crippen LogP contribution in [0.1, 0.15) is 42.0 Å². The number of hydrogen-bond acceptors (Lipinski definition) is 5. The van der Waals surface area contributed by atoms with Gasteiger partial charge in [-0.05, 0) is 26.0 Å². The average Bonchev–Trinajstić information content (AvgIpc) is 3.32. The maximum Gasteiger partial charge on any atom is 0.227 e.